The van der Waals surface area contributed by atoms with Crippen molar-refractivity contribution in [3.8, 4) is 6.07 Å². The van der Waals surface area contributed by atoms with Gasteiger partial charge in [-0.3, -0.25) is 0 Å². The van der Waals surface area contributed by atoms with E-state index in [4.69, 9.17) is 0 Å². The predicted molar refractivity (Wildman–Crippen MR) is 141 cm³/mol. The Balaban J connectivity index is 2.04. The summed E-state index contributed by atoms with van der Waals surface area (Å²) in [4.78, 5) is 2.23. The summed E-state index contributed by atoms with van der Waals surface area (Å²) < 4.78 is 85.6. The lowest BCUT2D eigenvalue weighted by molar-refractivity contribution is -0.145. The predicted octanol–water partition coefficient (Wildman–Crippen LogP) is 9.19. The first-order chi connectivity index (χ1) is 18.5. The van der Waals surface area contributed by atoms with E-state index in [0.717, 1.165) is 31.0 Å². The maximum Gasteiger partial charge on any atom is 0.416 e. The minimum atomic E-state index is -5.01. The highest BCUT2D eigenvalue weighted by Crippen LogP contribution is 2.52. The van der Waals surface area contributed by atoms with Crippen LogP contribution in [0.4, 0.5) is 26.3 Å². The van der Waals surface area contributed by atoms with Crippen molar-refractivity contribution in [1.29, 1.82) is 5.26 Å². The van der Waals surface area contributed by atoms with E-state index >= 15 is 0 Å². The van der Waals surface area contributed by atoms with Crippen molar-refractivity contribution < 1.29 is 26.3 Å². The van der Waals surface area contributed by atoms with Gasteiger partial charge < -0.3 is 4.90 Å². The molecule has 2 aromatic rings. The number of nitriles is 1. The zero-order valence-corrected chi connectivity index (χ0v) is 22.7. The highest BCUT2D eigenvalue weighted by molar-refractivity contribution is 5.49. The zero-order valence-electron chi connectivity index (χ0n) is 22.7. The standard InChI is InChI=1S/C31H38F6N2/c1-3-25(39(4-2)21-19-23-12-7-5-8-13-23)18-20-29(22-38,24-14-9-6-10-15-24)28-26(30(32,33)34)16-11-17-27(28)31(35,36)37/h5,7-8,11-13,16-17,24-25H,3-4,6,9-10,14-15,18-21H2,1-2H3. The first-order valence-corrected chi connectivity index (χ1v) is 13.9. The van der Waals surface area contributed by atoms with Crippen molar-refractivity contribution in [3.63, 3.8) is 0 Å². The topological polar surface area (TPSA) is 27.0 Å². The molecule has 2 atom stereocenters. The van der Waals surface area contributed by atoms with Crippen LogP contribution < -0.4 is 0 Å². The van der Waals surface area contributed by atoms with E-state index in [1.807, 2.05) is 44.2 Å². The number of benzene rings is 2. The molecule has 214 valence electrons. The summed E-state index contributed by atoms with van der Waals surface area (Å²) in [6.45, 7) is 5.40. The minimum Gasteiger partial charge on any atom is -0.300 e. The molecule has 0 bridgehead atoms. The van der Waals surface area contributed by atoms with Gasteiger partial charge in [0.1, 0.15) is 0 Å². The fourth-order valence-corrected chi connectivity index (χ4v) is 6.39. The normalized spacial score (nSPS) is 17.5. The second kappa shape index (κ2) is 13.2. The Bertz CT molecular complexity index is 1050. The first-order valence-electron chi connectivity index (χ1n) is 13.9. The van der Waals surface area contributed by atoms with Gasteiger partial charge in [0, 0.05) is 12.6 Å². The quantitative estimate of drug-likeness (QED) is 0.260. The molecule has 0 amide bonds. The second-order valence-electron chi connectivity index (χ2n) is 10.6. The molecule has 2 unspecified atom stereocenters. The number of rotatable bonds is 11. The van der Waals surface area contributed by atoms with Gasteiger partial charge in [-0.2, -0.15) is 31.6 Å². The van der Waals surface area contributed by atoms with Gasteiger partial charge in [0.25, 0.3) is 0 Å². The molecule has 2 aromatic carbocycles. The van der Waals surface area contributed by atoms with Crippen LogP contribution in [0.25, 0.3) is 0 Å². The summed E-state index contributed by atoms with van der Waals surface area (Å²) in [6.07, 6.45) is -5.13. The number of alkyl halides is 6. The molecule has 0 aliphatic heterocycles. The van der Waals surface area contributed by atoms with Crippen molar-refractivity contribution in [2.24, 2.45) is 5.92 Å². The van der Waals surface area contributed by atoms with Gasteiger partial charge in [-0.1, -0.05) is 69.5 Å². The third-order valence-electron chi connectivity index (χ3n) is 8.42. The lowest BCUT2D eigenvalue weighted by atomic mass is 9.61. The number of halogens is 6. The number of hydrogen-bond acceptors (Lipinski definition) is 2. The van der Waals surface area contributed by atoms with Crippen molar-refractivity contribution in [1.82, 2.24) is 4.90 Å². The highest BCUT2D eigenvalue weighted by Gasteiger charge is 2.51. The molecular weight excluding hydrogens is 514 g/mol. The van der Waals surface area contributed by atoms with Crippen molar-refractivity contribution in [2.45, 2.75) is 95.4 Å². The van der Waals surface area contributed by atoms with Gasteiger partial charge in [-0.05, 0) is 74.2 Å². The summed E-state index contributed by atoms with van der Waals surface area (Å²) in [5, 5.41) is 10.6. The summed E-state index contributed by atoms with van der Waals surface area (Å²) in [5.74, 6) is -0.572. The zero-order chi connectivity index (χ0) is 28.7. The molecule has 1 aliphatic rings. The van der Waals surface area contributed by atoms with Gasteiger partial charge in [0.05, 0.1) is 22.6 Å². The lowest BCUT2D eigenvalue weighted by Gasteiger charge is -2.42. The van der Waals surface area contributed by atoms with Gasteiger partial charge in [-0.15, -0.1) is 0 Å². The van der Waals surface area contributed by atoms with E-state index < -0.39 is 40.4 Å². The Morgan fingerprint density at radius 3 is 1.95 bits per heavy atom. The number of hydrogen-bond donors (Lipinski definition) is 0. The Labute approximate surface area is 228 Å². The molecule has 3 rings (SSSR count). The van der Waals surface area contributed by atoms with Gasteiger partial charge >= 0.3 is 12.4 Å². The monoisotopic (exact) mass is 552 g/mol. The van der Waals surface area contributed by atoms with E-state index in [9.17, 15) is 31.6 Å². The average molecular weight is 553 g/mol. The fourth-order valence-electron chi connectivity index (χ4n) is 6.39. The summed E-state index contributed by atoms with van der Waals surface area (Å²) in [5.41, 5.74) is -4.28. The van der Waals surface area contributed by atoms with Gasteiger partial charge in [0.15, 0.2) is 0 Å². The summed E-state index contributed by atoms with van der Waals surface area (Å²) in [7, 11) is 0. The smallest absolute Gasteiger partial charge is 0.300 e. The number of nitrogens with zero attached hydrogens (tertiary/aromatic N) is 2. The third-order valence-corrected chi connectivity index (χ3v) is 8.42. The molecule has 39 heavy (non-hydrogen) atoms. The van der Waals surface area contributed by atoms with E-state index in [0.29, 0.717) is 57.2 Å². The van der Waals surface area contributed by atoms with Crippen LogP contribution in [0.5, 0.6) is 0 Å². The molecule has 1 saturated carbocycles. The molecule has 8 heteroatoms. The van der Waals surface area contributed by atoms with Crippen LogP contribution >= 0.6 is 0 Å². The molecule has 1 fully saturated rings. The Hall–Kier alpha value is -2.53. The largest absolute Gasteiger partial charge is 0.416 e. The van der Waals surface area contributed by atoms with Crippen molar-refractivity contribution in [3.05, 3.63) is 70.8 Å². The average Bonchev–Trinajstić information content (AvgIpc) is 2.92. The Morgan fingerprint density at radius 2 is 1.46 bits per heavy atom. The van der Waals surface area contributed by atoms with E-state index in [1.165, 1.54) is 0 Å². The summed E-state index contributed by atoms with van der Waals surface area (Å²) in [6, 6.07) is 14.2. The third kappa shape index (κ3) is 7.36. The maximum absolute atomic E-state index is 14.3. The van der Waals surface area contributed by atoms with Crippen LogP contribution in [0.2, 0.25) is 0 Å². The van der Waals surface area contributed by atoms with Crippen molar-refractivity contribution in [2.75, 3.05) is 13.1 Å². The Kier molecular flexibility index (Phi) is 10.5. The van der Waals surface area contributed by atoms with Crippen LogP contribution in [-0.4, -0.2) is 24.0 Å². The molecule has 1 aliphatic carbocycles. The molecule has 0 aromatic heterocycles. The number of likely N-dealkylation sites (N-methyl/N-ethyl adjacent to an activating group) is 1. The molecule has 0 spiro atoms. The minimum absolute atomic E-state index is 0.0509. The SMILES string of the molecule is CCC(CCC(C#N)(c1c(C(F)(F)F)cccc1C(F)(F)F)C1CCCCC1)N(CC)CCc1ccccc1. The molecule has 0 heterocycles. The van der Waals surface area contributed by atoms with Crippen LogP contribution in [0.1, 0.15) is 87.5 Å². The molecule has 0 N–H and O–H groups in total. The van der Waals surface area contributed by atoms with Crippen LogP contribution in [0.3, 0.4) is 0 Å². The van der Waals surface area contributed by atoms with E-state index in [-0.39, 0.29) is 12.5 Å². The van der Waals surface area contributed by atoms with Gasteiger partial charge in [-0.25, -0.2) is 0 Å². The van der Waals surface area contributed by atoms with E-state index in [1.54, 1.807) is 0 Å². The lowest BCUT2D eigenvalue weighted by Crippen LogP contribution is -2.42. The molecule has 0 radical (unpaired) electrons. The van der Waals surface area contributed by atoms with Crippen LogP contribution in [-0.2, 0) is 24.2 Å². The summed E-state index contributed by atoms with van der Waals surface area (Å²) >= 11 is 0. The molecular formula is C31H38F6N2. The highest BCUT2D eigenvalue weighted by atomic mass is 19.4. The van der Waals surface area contributed by atoms with Crippen LogP contribution in [0, 0.1) is 17.2 Å². The van der Waals surface area contributed by atoms with Gasteiger partial charge in [0.2, 0.25) is 0 Å². The fraction of sp³-hybridized carbons (Fsp3) is 0.581. The molecule has 2 nitrogen and oxygen atoms in total. The maximum atomic E-state index is 14.3. The van der Waals surface area contributed by atoms with Crippen molar-refractivity contribution >= 4 is 0 Å². The first kappa shape index (κ1) is 31.0. The Morgan fingerprint density at radius 1 is 0.872 bits per heavy atom. The molecule has 0 saturated heterocycles. The van der Waals surface area contributed by atoms with E-state index in [2.05, 4.69) is 11.0 Å². The van der Waals surface area contributed by atoms with Crippen LogP contribution in [0.15, 0.2) is 48.5 Å². The second-order valence-corrected chi connectivity index (χ2v) is 10.6.